The molecule has 0 bridgehead atoms. The van der Waals surface area contributed by atoms with E-state index in [-0.39, 0.29) is 16.4 Å². The van der Waals surface area contributed by atoms with Crippen LogP contribution in [0.2, 0.25) is 0 Å². The number of carbonyl (C=O) groups is 2. The summed E-state index contributed by atoms with van der Waals surface area (Å²) in [6.45, 7) is 1.67. The highest BCUT2D eigenvalue weighted by atomic mass is 32.2. The highest BCUT2D eigenvalue weighted by Gasteiger charge is 2.34. The van der Waals surface area contributed by atoms with Gasteiger partial charge in [0.15, 0.2) is 5.76 Å². The van der Waals surface area contributed by atoms with Crippen LogP contribution < -0.4 is 5.14 Å². The van der Waals surface area contributed by atoms with E-state index < -0.39 is 27.9 Å². The van der Waals surface area contributed by atoms with Crippen LogP contribution in [0.5, 0.6) is 0 Å². The standard InChI is InChI=1S/C12H16N2O6S/c1-7-10(21(13,18)19)6-9(20-7)11(15)14-5-3-2-4-8(14)12(16)17/h6,8H,2-5H2,1H3,(H,16,17)(H2,13,18,19)/t8-/m1/s1. The van der Waals surface area contributed by atoms with Crippen molar-refractivity contribution in [2.75, 3.05) is 6.54 Å². The van der Waals surface area contributed by atoms with Crippen molar-refractivity contribution in [2.45, 2.75) is 37.1 Å². The summed E-state index contributed by atoms with van der Waals surface area (Å²) in [6.07, 6.45) is 1.78. The van der Waals surface area contributed by atoms with E-state index in [0.717, 1.165) is 12.5 Å². The van der Waals surface area contributed by atoms with Gasteiger partial charge in [-0.3, -0.25) is 4.79 Å². The molecule has 0 unspecified atom stereocenters. The van der Waals surface area contributed by atoms with E-state index in [9.17, 15) is 18.0 Å². The first-order valence-corrected chi connectivity index (χ1v) is 7.93. The van der Waals surface area contributed by atoms with Gasteiger partial charge in [0.1, 0.15) is 16.7 Å². The second-order valence-corrected chi connectivity index (χ2v) is 6.45. The third-order valence-corrected chi connectivity index (χ3v) is 4.46. The second-order valence-electron chi connectivity index (χ2n) is 4.92. The van der Waals surface area contributed by atoms with Crippen molar-refractivity contribution >= 4 is 21.9 Å². The van der Waals surface area contributed by atoms with Crippen LogP contribution in [0.3, 0.4) is 0 Å². The van der Waals surface area contributed by atoms with Crippen LogP contribution in [0.4, 0.5) is 0 Å². The molecule has 1 saturated heterocycles. The smallest absolute Gasteiger partial charge is 0.326 e. The summed E-state index contributed by atoms with van der Waals surface area (Å²) in [5, 5.41) is 14.2. The van der Waals surface area contributed by atoms with Gasteiger partial charge in [0.05, 0.1) is 0 Å². The van der Waals surface area contributed by atoms with E-state index in [0.29, 0.717) is 19.4 Å². The molecule has 0 aromatic carbocycles. The Morgan fingerprint density at radius 3 is 2.62 bits per heavy atom. The molecule has 2 rings (SSSR count). The molecule has 2 heterocycles. The number of amides is 1. The van der Waals surface area contributed by atoms with Gasteiger partial charge in [-0.1, -0.05) is 0 Å². The third-order valence-electron chi connectivity index (χ3n) is 3.44. The lowest BCUT2D eigenvalue weighted by Crippen LogP contribution is -2.47. The van der Waals surface area contributed by atoms with Crippen LogP contribution in [0, 0.1) is 6.92 Å². The van der Waals surface area contributed by atoms with Gasteiger partial charge >= 0.3 is 5.97 Å². The number of furan rings is 1. The summed E-state index contributed by atoms with van der Waals surface area (Å²) in [6, 6.07) is 0.121. The number of likely N-dealkylation sites (tertiary alicyclic amines) is 1. The van der Waals surface area contributed by atoms with E-state index in [4.69, 9.17) is 14.7 Å². The van der Waals surface area contributed by atoms with Crippen molar-refractivity contribution in [3.63, 3.8) is 0 Å². The number of carboxylic acids is 1. The average Bonchev–Trinajstić information content (AvgIpc) is 2.80. The number of carbonyl (C=O) groups excluding carboxylic acids is 1. The van der Waals surface area contributed by atoms with Crippen LogP contribution in [0.15, 0.2) is 15.4 Å². The summed E-state index contributed by atoms with van der Waals surface area (Å²) in [5.41, 5.74) is 0. The predicted octanol–water partition coefficient (Wildman–Crippen LogP) is 0.315. The molecule has 0 spiro atoms. The minimum Gasteiger partial charge on any atom is -0.480 e. The quantitative estimate of drug-likeness (QED) is 0.825. The molecular formula is C12H16N2O6S. The monoisotopic (exact) mass is 316 g/mol. The second kappa shape index (κ2) is 5.49. The number of carboxylic acid groups (broad SMARTS) is 1. The number of sulfonamides is 1. The molecule has 1 aliphatic rings. The maximum atomic E-state index is 12.3. The Kier molecular flexibility index (Phi) is 4.06. The molecule has 1 aromatic rings. The molecular weight excluding hydrogens is 300 g/mol. The summed E-state index contributed by atoms with van der Waals surface area (Å²) in [4.78, 5) is 24.5. The number of piperidine rings is 1. The molecule has 9 heteroatoms. The number of rotatable bonds is 3. The summed E-state index contributed by atoms with van der Waals surface area (Å²) >= 11 is 0. The first kappa shape index (κ1) is 15.5. The number of primary sulfonamides is 1. The van der Waals surface area contributed by atoms with Crippen LogP contribution in [-0.2, 0) is 14.8 Å². The molecule has 1 atom stereocenters. The summed E-state index contributed by atoms with van der Waals surface area (Å²) in [7, 11) is -3.99. The number of aliphatic carboxylic acids is 1. The van der Waals surface area contributed by atoms with Gasteiger partial charge < -0.3 is 14.4 Å². The number of hydrogen-bond donors (Lipinski definition) is 2. The zero-order valence-corrected chi connectivity index (χ0v) is 12.2. The largest absolute Gasteiger partial charge is 0.480 e. The molecule has 1 aromatic heterocycles. The van der Waals surface area contributed by atoms with Gasteiger partial charge in [-0.2, -0.15) is 0 Å². The minimum atomic E-state index is -3.99. The Morgan fingerprint density at radius 2 is 2.10 bits per heavy atom. The lowest BCUT2D eigenvalue weighted by molar-refractivity contribution is -0.143. The Morgan fingerprint density at radius 1 is 1.43 bits per heavy atom. The van der Waals surface area contributed by atoms with Crippen molar-refractivity contribution < 1.29 is 27.5 Å². The first-order chi connectivity index (χ1) is 9.71. The van der Waals surface area contributed by atoms with Crippen LogP contribution in [0.25, 0.3) is 0 Å². The SMILES string of the molecule is Cc1oc(C(=O)N2CCCC[C@@H]2C(=O)O)cc1S(N)(=O)=O. The van der Waals surface area contributed by atoms with E-state index in [1.807, 2.05) is 0 Å². The highest BCUT2D eigenvalue weighted by Crippen LogP contribution is 2.24. The van der Waals surface area contributed by atoms with E-state index >= 15 is 0 Å². The lowest BCUT2D eigenvalue weighted by atomic mass is 10.0. The van der Waals surface area contributed by atoms with Gasteiger partial charge in [0.2, 0.25) is 10.0 Å². The van der Waals surface area contributed by atoms with Crippen LogP contribution >= 0.6 is 0 Å². The van der Waals surface area contributed by atoms with Crippen LogP contribution in [0.1, 0.15) is 35.6 Å². The normalized spacial score (nSPS) is 19.5. The maximum Gasteiger partial charge on any atom is 0.326 e. The first-order valence-electron chi connectivity index (χ1n) is 6.39. The number of aryl methyl sites for hydroxylation is 1. The highest BCUT2D eigenvalue weighted by molar-refractivity contribution is 7.89. The van der Waals surface area contributed by atoms with Crippen molar-refractivity contribution in [2.24, 2.45) is 5.14 Å². The molecule has 1 amide bonds. The van der Waals surface area contributed by atoms with E-state index in [2.05, 4.69) is 0 Å². The Labute approximate surface area is 121 Å². The molecule has 116 valence electrons. The fourth-order valence-corrected chi connectivity index (χ4v) is 3.14. The molecule has 0 radical (unpaired) electrons. The number of nitrogens with zero attached hydrogens (tertiary/aromatic N) is 1. The van der Waals surface area contributed by atoms with Gasteiger partial charge in [0, 0.05) is 12.6 Å². The minimum absolute atomic E-state index is 0.00438. The van der Waals surface area contributed by atoms with Gasteiger partial charge in [-0.25, -0.2) is 18.4 Å². The fraction of sp³-hybridized carbons (Fsp3) is 0.500. The van der Waals surface area contributed by atoms with E-state index in [1.54, 1.807) is 0 Å². The fourth-order valence-electron chi connectivity index (χ4n) is 2.43. The maximum absolute atomic E-state index is 12.3. The number of nitrogens with two attached hydrogens (primary N) is 1. The summed E-state index contributed by atoms with van der Waals surface area (Å²) in [5.74, 6) is -1.94. The molecule has 0 aliphatic carbocycles. The lowest BCUT2D eigenvalue weighted by Gasteiger charge is -2.32. The topological polar surface area (TPSA) is 131 Å². The Bertz CT molecular complexity index is 678. The van der Waals surface area contributed by atoms with Crippen molar-refractivity contribution in [1.82, 2.24) is 4.90 Å². The third kappa shape index (κ3) is 3.08. The van der Waals surface area contributed by atoms with E-state index in [1.165, 1.54) is 11.8 Å². The number of hydrogen-bond acceptors (Lipinski definition) is 5. The molecule has 0 saturated carbocycles. The Balaban J connectivity index is 2.33. The molecule has 1 fully saturated rings. The molecule has 3 N–H and O–H groups in total. The van der Waals surface area contributed by atoms with Crippen molar-refractivity contribution in [3.8, 4) is 0 Å². The predicted molar refractivity (Wildman–Crippen MR) is 71.1 cm³/mol. The Hall–Kier alpha value is -1.87. The summed E-state index contributed by atoms with van der Waals surface area (Å²) < 4.78 is 27.8. The van der Waals surface area contributed by atoms with Gasteiger partial charge in [0.25, 0.3) is 5.91 Å². The zero-order valence-electron chi connectivity index (χ0n) is 11.4. The van der Waals surface area contributed by atoms with Gasteiger partial charge in [-0.15, -0.1) is 0 Å². The molecule has 21 heavy (non-hydrogen) atoms. The van der Waals surface area contributed by atoms with Crippen molar-refractivity contribution in [1.29, 1.82) is 0 Å². The van der Waals surface area contributed by atoms with Crippen LogP contribution in [-0.4, -0.2) is 42.9 Å². The van der Waals surface area contributed by atoms with Crippen molar-refractivity contribution in [3.05, 3.63) is 17.6 Å². The average molecular weight is 316 g/mol. The molecule has 1 aliphatic heterocycles. The van der Waals surface area contributed by atoms with Gasteiger partial charge in [-0.05, 0) is 26.2 Å². The molecule has 8 nitrogen and oxygen atoms in total. The zero-order chi connectivity index (χ0) is 15.8.